The summed E-state index contributed by atoms with van der Waals surface area (Å²) >= 11 is 6.00. The van der Waals surface area contributed by atoms with Crippen molar-refractivity contribution in [2.24, 2.45) is 0 Å². The Hall–Kier alpha value is -3.05. The fourth-order valence-corrected chi connectivity index (χ4v) is 2.78. The molecule has 6 heteroatoms. The lowest BCUT2D eigenvalue weighted by Gasteiger charge is -2.00. The summed E-state index contributed by atoms with van der Waals surface area (Å²) in [7, 11) is 1.36. The number of fused-ring (bicyclic) bond motifs is 1. The number of furan rings is 1. The number of carbonyl (C=O) groups is 1. The molecule has 0 spiro atoms. The fraction of sp³-hybridized carbons (Fsp3) is 0.0526. The van der Waals surface area contributed by atoms with Crippen molar-refractivity contribution in [3.63, 3.8) is 0 Å². The number of carbonyl (C=O) groups excluding carboxylic acids is 1. The molecule has 0 saturated heterocycles. The van der Waals surface area contributed by atoms with E-state index < -0.39 is 0 Å². The van der Waals surface area contributed by atoms with Crippen molar-refractivity contribution in [2.75, 3.05) is 7.11 Å². The zero-order chi connectivity index (χ0) is 17.4. The third-order valence-corrected chi connectivity index (χ3v) is 4.11. The van der Waals surface area contributed by atoms with Crippen LogP contribution in [-0.2, 0) is 4.74 Å². The molecule has 124 valence electrons. The monoisotopic (exact) mass is 352 g/mol. The predicted molar refractivity (Wildman–Crippen MR) is 95.6 cm³/mol. The van der Waals surface area contributed by atoms with E-state index in [9.17, 15) is 4.79 Å². The molecule has 0 aliphatic heterocycles. The van der Waals surface area contributed by atoms with Crippen LogP contribution >= 0.6 is 11.6 Å². The molecule has 4 rings (SSSR count). The average Bonchev–Trinajstić information content (AvgIpc) is 3.27. The van der Waals surface area contributed by atoms with E-state index in [2.05, 4.69) is 9.97 Å². The summed E-state index contributed by atoms with van der Waals surface area (Å²) in [6.45, 7) is 0. The predicted octanol–water partition coefficient (Wildman–Crippen LogP) is 4.93. The number of benzene rings is 2. The summed E-state index contributed by atoms with van der Waals surface area (Å²) in [5.74, 6) is 1.58. The number of hydrogen-bond acceptors (Lipinski definition) is 4. The van der Waals surface area contributed by atoms with Gasteiger partial charge in [-0.3, -0.25) is 0 Å². The fourth-order valence-electron chi connectivity index (χ4n) is 2.61. The molecule has 0 unspecified atom stereocenters. The molecule has 25 heavy (non-hydrogen) atoms. The molecule has 2 heterocycles. The van der Waals surface area contributed by atoms with Crippen LogP contribution in [-0.4, -0.2) is 23.0 Å². The molecule has 1 N–H and O–H groups in total. The highest BCUT2D eigenvalue weighted by Crippen LogP contribution is 2.29. The summed E-state index contributed by atoms with van der Waals surface area (Å²) in [4.78, 5) is 19.2. The normalized spacial score (nSPS) is 11.0. The van der Waals surface area contributed by atoms with Crippen LogP contribution in [0, 0.1) is 0 Å². The van der Waals surface area contributed by atoms with Gasteiger partial charge in [0.2, 0.25) is 0 Å². The van der Waals surface area contributed by atoms with Gasteiger partial charge in [-0.2, -0.15) is 0 Å². The molecule has 2 aromatic heterocycles. The summed E-state index contributed by atoms with van der Waals surface area (Å²) < 4.78 is 10.6. The lowest BCUT2D eigenvalue weighted by Crippen LogP contribution is -2.00. The number of rotatable bonds is 3. The van der Waals surface area contributed by atoms with E-state index in [0.29, 0.717) is 27.9 Å². The minimum absolute atomic E-state index is 0.368. The summed E-state index contributed by atoms with van der Waals surface area (Å²) in [6, 6.07) is 16.2. The van der Waals surface area contributed by atoms with Gasteiger partial charge in [-0.15, -0.1) is 0 Å². The second-order valence-electron chi connectivity index (χ2n) is 5.48. The first-order valence-electron chi connectivity index (χ1n) is 7.58. The average molecular weight is 353 g/mol. The standard InChI is InChI=1S/C19H13ClN2O3/c1-24-19(23)12-4-2-11(3-5-12)16-8-9-17(25-16)18-21-14-7-6-13(20)10-15(14)22-18/h2-10H,1H3,(H,21,22). The summed E-state index contributed by atoms with van der Waals surface area (Å²) in [5.41, 5.74) is 3.02. The maximum absolute atomic E-state index is 11.5. The zero-order valence-corrected chi connectivity index (χ0v) is 14.0. The van der Waals surface area contributed by atoms with Crippen LogP contribution in [0.4, 0.5) is 0 Å². The highest BCUT2D eigenvalue weighted by Gasteiger charge is 2.12. The number of nitrogens with zero attached hydrogens (tertiary/aromatic N) is 1. The molecule has 0 bridgehead atoms. The van der Waals surface area contributed by atoms with Gasteiger partial charge in [-0.1, -0.05) is 23.7 Å². The Labute approximate surface area is 148 Å². The van der Waals surface area contributed by atoms with E-state index in [-0.39, 0.29) is 5.97 Å². The lowest BCUT2D eigenvalue weighted by molar-refractivity contribution is 0.0601. The van der Waals surface area contributed by atoms with Gasteiger partial charge in [-0.05, 0) is 42.5 Å². The number of halogens is 1. The number of aromatic nitrogens is 2. The van der Waals surface area contributed by atoms with Gasteiger partial charge in [0.25, 0.3) is 0 Å². The van der Waals surface area contributed by atoms with E-state index >= 15 is 0 Å². The van der Waals surface area contributed by atoms with Crippen molar-refractivity contribution in [1.29, 1.82) is 0 Å². The number of esters is 1. The van der Waals surface area contributed by atoms with Crippen LogP contribution in [0.25, 0.3) is 33.9 Å². The molecule has 0 saturated carbocycles. The first kappa shape index (κ1) is 15.5. The molecule has 0 radical (unpaired) electrons. The molecule has 4 aromatic rings. The van der Waals surface area contributed by atoms with Crippen LogP contribution in [0.5, 0.6) is 0 Å². The van der Waals surface area contributed by atoms with Gasteiger partial charge in [0.15, 0.2) is 11.6 Å². The van der Waals surface area contributed by atoms with E-state index in [1.165, 1.54) is 7.11 Å². The maximum atomic E-state index is 11.5. The van der Waals surface area contributed by atoms with Gasteiger partial charge in [0.1, 0.15) is 5.76 Å². The van der Waals surface area contributed by atoms with Gasteiger partial charge in [-0.25, -0.2) is 9.78 Å². The lowest BCUT2D eigenvalue weighted by atomic mass is 10.1. The topological polar surface area (TPSA) is 68.1 Å². The van der Waals surface area contributed by atoms with Crippen molar-refractivity contribution in [1.82, 2.24) is 9.97 Å². The Balaban J connectivity index is 1.66. The number of H-pyrrole nitrogens is 1. The number of nitrogens with one attached hydrogen (secondary N) is 1. The molecular formula is C19H13ClN2O3. The molecule has 0 amide bonds. The third kappa shape index (κ3) is 2.90. The second-order valence-corrected chi connectivity index (χ2v) is 5.92. The summed E-state index contributed by atoms with van der Waals surface area (Å²) in [5, 5.41) is 0.647. The minimum Gasteiger partial charge on any atom is -0.465 e. The first-order chi connectivity index (χ1) is 12.1. The highest BCUT2D eigenvalue weighted by atomic mass is 35.5. The van der Waals surface area contributed by atoms with Crippen molar-refractivity contribution >= 4 is 28.6 Å². The molecular weight excluding hydrogens is 340 g/mol. The molecule has 0 fully saturated rings. The molecule has 0 atom stereocenters. The minimum atomic E-state index is -0.368. The van der Waals surface area contributed by atoms with E-state index in [4.69, 9.17) is 20.8 Å². The Bertz CT molecular complexity index is 1060. The van der Waals surface area contributed by atoms with Crippen LogP contribution < -0.4 is 0 Å². The van der Waals surface area contributed by atoms with Gasteiger partial charge in [0.05, 0.1) is 23.7 Å². The summed E-state index contributed by atoms with van der Waals surface area (Å²) in [6.07, 6.45) is 0. The van der Waals surface area contributed by atoms with Gasteiger partial charge >= 0.3 is 5.97 Å². The Morgan fingerprint density at radius 2 is 1.84 bits per heavy atom. The van der Waals surface area contributed by atoms with Gasteiger partial charge < -0.3 is 14.1 Å². The van der Waals surface area contributed by atoms with Crippen molar-refractivity contribution in [3.8, 4) is 22.9 Å². The SMILES string of the molecule is COC(=O)c1ccc(-c2ccc(-c3nc4ccc(Cl)cc4[nH]3)o2)cc1. The Kier molecular flexibility index (Phi) is 3.78. The smallest absolute Gasteiger partial charge is 0.337 e. The molecule has 5 nitrogen and oxygen atoms in total. The Morgan fingerprint density at radius 1 is 1.08 bits per heavy atom. The third-order valence-electron chi connectivity index (χ3n) is 3.87. The number of ether oxygens (including phenoxy) is 1. The number of aromatic amines is 1. The second kappa shape index (κ2) is 6.11. The first-order valence-corrected chi connectivity index (χ1v) is 7.96. The van der Waals surface area contributed by atoms with Gasteiger partial charge in [0, 0.05) is 10.6 Å². The molecule has 0 aliphatic rings. The van der Waals surface area contributed by atoms with Crippen LogP contribution in [0.15, 0.2) is 59.0 Å². The van der Waals surface area contributed by atoms with Crippen LogP contribution in [0.2, 0.25) is 5.02 Å². The van der Waals surface area contributed by atoms with Crippen molar-refractivity contribution < 1.29 is 13.9 Å². The van der Waals surface area contributed by atoms with Crippen molar-refractivity contribution in [2.45, 2.75) is 0 Å². The van der Waals surface area contributed by atoms with Crippen LogP contribution in [0.1, 0.15) is 10.4 Å². The largest absolute Gasteiger partial charge is 0.465 e. The number of imidazole rings is 1. The quantitative estimate of drug-likeness (QED) is 0.531. The molecule has 2 aromatic carbocycles. The van der Waals surface area contributed by atoms with Crippen molar-refractivity contribution in [3.05, 3.63) is 65.2 Å². The zero-order valence-electron chi connectivity index (χ0n) is 13.2. The molecule has 0 aliphatic carbocycles. The highest BCUT2D eigenvalue weighted by molar-refractivity contribution is 6.31. The van der Waals surface area contributed by atoms with E-state index in [1.807, 2.05) is 36.4 Å². The Morgan fingerprint density at radius 3 is 2.60 bits per heavy atom. The number of hydrogen-bond donors (Lipinski definition) is 1. The van der Waals surface area contributed by atoms with E-state index in [1.54, 1.807) is 18.2 Å². The van der Waals surface area contributed by atoms with E-state index in [0.717, 1.165) is 16.6 Å². The number of methoxy groups -OCH3 is 1. The van der Waals surface area contributed by atoms with Crippen LogP contribution in [0.3, 0.4) is 0 Å². The maximum Gasteiger partial charge on any atom is 0.337 e.